The number of carboxylic acid groups (broad SMARTS) is 1. The van der Waals surface area contributed by atoms with Crippen molar-refractivity contribution in [3.05, 3.63) is 22.4 Å². The first-order chi connectivity index (χ1) is 8.66. The van der Waals surface area contributed by atoms with E-state index in [0.717, 1.165) is 24.9 Å². The van der Waals surface area contributed by atoms with Crippen LogP contribution in [0, 0.1) is 5.92 Å². The van der Waals surface area contributed by atoms with Crippen LogP contribution in [0.5, 0.6) is 0 Å². The Bertz CT molecular complexity index is 416. The molecule has 1 aromatic heterocycles. The summed E-state index contributed by atoms with van der Waals surface area (Å²) < 4.78 is 0. The number of hydrogen-bond acceptors (Lipinski definition) is 3. The van der Waals surface area contributed by atoms with Crippen LogP contribution in [0.3, 0.4) is 0 Å². The molecule has 2 heterocycles. The van der Waals surface area contributed by atoms with E-state index in [9.17, 15) is 9.59 Å². The number of likely N-dealkylation sites (tertiary alicyclic amines) is 1. The maximum absolute atomic E-state index is 12.2. The molecule has 0 radical (unpaired) electrons. The Hall–Kier alpha value is -1.36. The van der Waals surface area contributed by atoms with E-state index >= 15 is 0 Å². The maximum atomic E-state index is 12.2. The molecule has 1 atom stereocenters. The zero-order valence-electron chi connectivity index (χ0n) is 10.2. The molecule has 1 fully saturated rings. The second-order valence-electron chi connectivity index (χ2n) is 4.70. The van der Waals surface area contributed by atoms with Gasteiger partial charge in [0.2, 0.25) is 0 Å². The fourth-order valence-corrected chi connectivity index (χ4v) is 3.01. The van der Waals surface area contributed by atoms with Crippen LogP contribution < -0.4 is 0 Å². The Morgan fingerprint density at radius 3 is 3.00 bits per heavy atom. The molecule has 1 aliphatic heterocycles. The lowest BCUT2D eigenvalue weighted by atomic mass is 9.93. The van der Waals surface area contributed by atoms with Gasteiger partial charge < -0.3 is 10.0 Å². The molecule has 1 aliphatic rings. The van der Waals surface area contributed by atoms with Gasteiger partial charge in [0.15, 0.2) is 0 Å². The summed E-state index contributed by atoms with van der Waals surface area (Å²) in [5, 5.41) is 12.5. The molecule has 0 saturated carbocycles. The lowest BCUT2D eigenvalue weighted by Gasteiger charge is -2.32. The minimum absolute atomic E-state index is 0.0799. The summed E-state index contributed by atoms with van der Waals surface area (Å²) >= 11 is 1.52. The second kappa shape index (κ2) is 6.00. The summed E-state index contributed by atoms with van der Waals surface area (Å²) in [6.07, 6.45) is 2.87. The third-order valence-electron chi connectivity index (χ3n) is 3.34. The highest BCUT2D eigenvalue weighted by Crippen LogP contribution is 2.22. The van der Waals surface area contributed by atoms with Crippen LogP contribution in [0.4, 0.5) is 0 Å². The van der Waals surface area contributed by atoms with E-state index in [1.807, 2.05) is 21.7 Å². The fourth-order valence-electron chi connectivity index (χ4n) is 2.38. The minimum atomic E-state index is -0.753. The van der Waals surface area contributed by atoms with Crippen LogP contribution in [0.2, 0.25) is 0 Å². The van der Waals surface area contributed by atoms with Crippen molar-refractivity contribution in [2.45, 2.75) is 25.7 Å². The molecule has 1 saturated heterocycles. The number of nitrogens with zero attached hydrogens (tertiary/aromatic N) is 1. The van der Waals surface area contributed by atoms with Crippen LogP contribution in [0.25, 0.3) is 0 Å². The van der Waals surface area contributed by atoms with Gasteiger partial charge in [0.25, 0.3) is 5.91 Å². The third-order valence-corrected chi connectivity index (χ3v) is 4.02. The third kappa shape index (κ3) is 3.32. The number of hydrogen-bond donors (Lipinski definition) is 1. The van der Waals surface area contributed by atoms with Gasteiger partial charge in [-0.25, -0.2) is 0 Å². The number of rotatable bonds is 4. The molecular weight excluding hydrogens is 250 g/mol. The molecule has 1 N–H and O–H groups in total. The fraction of sp³-hybridized carbons (Fsp3) is 0.538. The first-order valence-electron chi connectivity index (χ1n) is 6.20. The van der Waals surface area contributed by atoms with Gasteiger partial charge in [0, 0.05) is 24.9 Å². The topological polar surface area (TPSA) is 57.6 Å². The molecule has 4 nitrogen and oxygen atoms in total. The van der Waals surface area contributed by atoms with Crippen LogP contribution >= 0.6 is 11.3 Å². The van der Waals surface area contributed by atoms with E-state index in [-0.39, 0.29) is 12.3 Å². The van der Waals surface area contributed by atoms with Crippen LogP contribution in [-0.4, -0.2) is 35.0 Å². The number of carboxylic acids is 1. The molecule has 98 valence electrons. The van der Waals surface area contributed by atoms with Crippen molar-refractivity contribution in [2.75, 3.05) is 13.1 Å². The first-order valence-corrected chi connectivity index (χ1v) is 7.14. The summed E-state index contributed by atoms with van der Waals surface area (Å²) in [5.74, 6) is -0.343. The number of carbonyl (C=O) groups is 2. The molecule has 1 amide bonds. The zero-order valence-corrected chi connectivity index (χ0v) is 11.0. The molecule has 1 aromatic rings. The average Bonchev–Trinajstić information content (AvgIpc) is 2.89. The van der Waals surface area contributed by atoms with Gasteiger partial charge in [-0.15, -0.1) is 0 Å². The molecule has 0 spiro atoms. The van der Waals surface area contributed by atoms with Crippen molar-refractivity contribution in [1.29, 1.82) is 0 Å². The smallest absolute Gasteiger partial charge is 0.303 e. The van der Waals surface area contributed by atoms with Crippen LogP contribution in [-0.2, 0) is 4.79 Å². The molecule has 2 rings (SSSR count). The molecule has 5 heteroatoms. The van der Waals surface area contributed by atoms with Crippen molar-refractivity contribution in [3.8, 4) is 0 Å². The van der Waals surface area contributed by atoms with Gasteiger partial charge in [0.05, 0.1) is 5.56 Å². The Kier molecular flexibility index (Phi) is 4.36. The van der Waals surface area contributed by atoms with E-state index in [0.29, 0.717) is 18.9 Å². The number of thiophene rings is 1. The second-order valence-corrected chi connectivity index (χ2v) is 5.48. The van der Waals surface area contributed by atoms with E-state index in [4.69, 9.17) is 5.11 Å². The Morgan fingerprint density at radius 2 is 2.33 bits per heavy atom. The summed E-state index contributed by atoms with van der Waals surface area (Å²) in [6.45, 7) is 1.49. The van der Waals surface area contributed by atoms with Crippen molar-refractivity contribution in [1.82, 2.24) is 4.90 Å². The van der Waals surface area contributed by atoms with Gasteiger partial charge in [-0.05, 0) is 36.6 Å². The van der Waals surface area contributed by atoms with E-state index in [1.165, 1.54) is 11.3 Å². The Balaban J connectivity index is 1.90. The van der Waals surface area contributed by atoms with Gasteiger partial charge in [-0.2, -0.15) is 11.3 Å². The van der Waals surface area contributed by atoms with Crippen molar-refractivity contribution >= 4 is 23.2 Å². The highest BCUT2D eigenvalue weighted by Gasteiger charge is 2.24. The summed E-state index contributed by atoms with van der Waals surface area (Å²) in [6, 6.07) is 1.84. The normalized spacial score (nSPS) is 19.8. The molecule has 0 aromatic carbocycles. The largest absolute Gasteiger partial charge is 0.481 e. The van der Waals surface area contributed by atoms with E-state index in [2.05, 4.69) is 0 Å². The van der Waals surface area contributed by atoms with Crippen molar-refractivity contribution < 1.29 is 14.7 Å². The Morgan fingerprint density at radius 1 is 1.50 bits per heavy atom. The lowest BCUT2D eigenvalue weighted by molar-refractivity contribution is -0.137. The zero-order chi connectivity index (χ0) is 13.0. The summed E-state index contributed by atoms with van der Waals surface area (Å²) in [5.41, 5.74) is 0.749. The molecule has 0 aliphatic carbocycles. The van der Waals surface area contributed by atoms with Crippen LogP contribution in [0.1, 0.15) is 36.0 Å². The van der Waals surface area contributed by atoms with Crippen LogP contribution in [0.15, 0.2) is 16.8 Å². The van der Waals surface area contributed by atoms with Gasteiger partial charge >= 0.3 is 5.97 Å². The quantitative estimate of drug-likeness (QED) is 0.911. The Labute approximate surface area is 110 Å². The lowest BCUT2D eigenvalue weighted by Crippen LogP contribution is -2.39. The first kappa shape index (κ1) is 13.1. The van der Waals surface area contributed by atoms with Crippen molar-refractivity contribution in [2.24, 2.45) is 5.92 Å². The van der Waals surface area contributed by atoms with Gasteiger partial charge in [-0.3, -0.25) is 9.59 Å². The number of aliphatic carboxylic acids is 1. The predicted molar refractivity (Wildman–Crippen MR) is 69.8 cm³/mol. The monoisotopic (exact) mass is 267 g/mol. The molecule has 0 bridgehead atoms. The number of amides is 1. The number of piperidine rings is 1. The number of carbonyl (C=O) groups excluding carboxylic acids is 1. The van der Waals surface area contributed by atoms with E-state index < -0.39 is 5.97 Å². The molecule has 18 heavy (non-hydrogen) atoms. The van der Waals surface area contributed by atoms with E-state index in [1.54, 1.807) is 0 Å². The molecular formula is C13H17NO3S. The van der Waals surface area contributed by atoms with Gasteiger partial charge in [0.1, 0.15) is 0 Å². The molecule has 0 unspecified atom stereocenters. The minimum Gasteiger partial charge on any atom is -0.481 e. The highest BCUT2D eigenvalue weighted by atomic mass is 32.1. The van der Waals surface area contributed by atoms with Gasteiger partial charge in [-0.1, -0.05) is 0 Å². The summed E-state index contributed by atoms with van der Waals surface area (Å²) in [7, 11) is 0. The summed E-state index contributed by atoms with van der Waals surface area (Å²) in [4.78, 5) is 24.6. The standard InChI is InChI=1S/C13H17NO3S/c15-12(16)4-3-10-2-1-6-14(8-10)13(17)11-5-7-18-9-11/h5,7,9-10H,1-4,6,8H2,(H,15,16)/t10-/m1/s1. The van der Waals surface area contributed by atoms with Crippen molar-refractivity contribution in [3.63, 3.8) is 0 Å². The average molecular weight is 267 g/mol. The predicted octanol–water partition coefficient (Wildman–Crippen LogP) is 2.47. The highest BCUT2D eigenvalue weighted by molar-refractivity contribution is 7.08. The maximum Gasteiger partial charge on any atom is 0.303 e. The SMILES string of the molecule is O=C(O)CC[C@H]1CCCN(C(=O)c2ccsc2)C1.